The van der Waals surface area contributed by atoms with E-state index >= 15 is 0 Å². The highest BCUT2D eigenvalue weighted by Gasteiger charge is 2.10. The summed E-state index contributed by atoms with van der Waals surface area (Å²) in [5.74, 6) is 1.33. The van der Waals surface area contributed by atoms with E-state index in [2.05, 4.69) is 40.9 Å². The van der Waals surface area contributed by atoms with Crippen molar-refractivity contribution >= 4 is 23.4 Å². The van der Waals surface area contributed by atoms with Crippen molar-refractivity contribution in [2.45, 2.75) is 49.5 Å². The Bertz CT molecular complexity index is 545. The Morgan fingerprint density at radius 2 is 2.10 bits per heavy atom. The molecule has 0 saturated carbocycles. The second kappa shape index (κ2) is 7.18. The van der Waals surface area contributed by atoms with E-state index in [-0.39, 0.29) is 0 Å². The van der Waals surface area contributed by atoms with Gasteiger partial charge in [0, 0.05) is 19.0 Å². The highest BCUT2D eigenvalue weighted by atomic mass is 35.5. The van der Waals surface area contributed by atoms with Crippen LogP contribution in [-0.2, 0) is 18.7 Å². The molecule has 0 fully saturated rings. The van der Waals surface area contributed by atoms with Crippen LogP contribution < -0.4 is 0 Å². The van der Waals surface area contributed by atoms with E-state index < -0.39 is 0 Å². The van der Waals surface area contributed by atoms with Crippen LogP contribution in [0, 0.1) is 0 Å². The monoisotopic (exact) mass is 312 g/mol. The number of hydrogen-bond donors (Lipinski definition) is 0. The van der Waals surface area contributed by atoms with Crippen LogP contribution in [0.4, 0.5) is 0 Å². The molecule has 0 aromatic carbocycles. The lowest BCUT2D eigenvalue weighted by Gasteiger charge is -2.12. The van der Waals surface area contributed by atoms with E-state index in [0.717, 1.165) is 35.1 Å². The van der Waals surface area contributed by atoms with Crippen molar-refractivity contribution in [3.63, 3.8) is 0 Å². The first-order valence-corrected chi connectivity index (χ1v) is 8.44. The minimum absolute atomic E-state index is 0.493. The zero-order valence-electron chi connectivity index (χ0n) is 12.2. The molecule has 0 saturated heterocycles. The lowest BCUT2D eigenvalue weighted by molar-refractivity contribution is 0.426. The molecule has 20 heavy (non-hydrogen) atoms. The quantitative estimate of drug-likeness (QED) is 0.572. The fraction of sp³-hybridized carbons (Fsp3) is 0.571. The SMILES string of the molecule is CCC(CC)n1ccc(CSc2ncc(CCl)n2C)n1. The number of alkyl halides is 1. The molecule has 0 N–H and O–H groups in total. The molecule has 2 aromatic rings. The molecule has 0 aliphatic carbocycles. The Kier molecular flexibility index (Phi) is 5.54. The van der Waals surface area contributed by atoms with Crippen molar-refractivity contribution in [3.05, 3.63) is 29.8 Å². The van der Waals surface area contributed by atoms with E-state index in [1.807, 2.05) is 17.8 Å². The highest BCUT2D eigenvalue weighted by Crippen LogP contribution is 2.23. The molecule has 0 aliphatic heterocycles. The third-order valence-corrected chi connectivity index (χ3v) is 4.86. The van der Waals surface area contributed by atoms with Gasteiger partial charge in [0.25, 0.3) is 0 Å². The largest absolute Gasteiger partial charge is 0.325 e. The third kappa shape index (κ3) is 3.38. The molecule has 0 atom stereocenters. The lowest BCUT2D eigenvalue weighted by Crippen LogP contribution is -2.07. The molecule has 0 spiro atoms. The van der Waals surface area contributed by atoms with Crippen molar-refractivity contribution in [2.75, 3.05) is 0 Å². The smallest absolute Gasteiger partial charge is 0.168 e. The van der Waals surface area contributed by atoms with E-state index in [1.165, 1.54) is 0 Å². The Hall–Kier alpha value is -0.940. The molecule has 2 aromatic heterocycles. The number of hydrogen-bond acceptors (Lipinski definition) is 3. The van der Waals surface area contributed by atoms with Crippen molar-refractivity contribution < 1.29 is 0 Å². The molecule has 0 radical (unpaired) electrons. The minimum Gasteiger partial charge on any atom is -0.325 e. The molecule has 2 rings (SSSR count). The van der Waals surface area contributed by atoms with Gasteiger partial charge in [0.15, 0.2) is 5.16 Å². The first-order valence-electron chi connectivity index (χ1n) is 6.92. The first-order chi connectivity index (χ1) is 9.69. The van der Waals surface area contributed by atoms with Gasteiger partial charge in [-0.25, -0.2) is 4.98 Å². The number of rotatable bonds is 7. The summed E-state index contributed by atoms with van der Waals surface area (Å²) in [6.07, 6.45) is 6.14. The van der Waals surface area contributed by atoms with Gasteiger partial charge in [0.05, 0.1) is 29.5 Å². The second-order valence-electron chi connectivity index (χ2n) is 4.77. The summed E-state index contributed by atoms with van der Waals surface area (Å²) < 4.78 is 4.12. The van der Waals surface area contributed by atoms with Crippen LogP contribution in [0.1, 0.15) is 44.1 Å². The summed E-state index contributed by atoms with van der Waals surface area (Å²) in [7, 11) is 2.00. The van der Waals surface area contributed by atoms with E-state index in [9.17, 15) is 0 Å². The standard InChI is InChI=1S/C14H21ClN4S/c1-4-12(5-2)19-7-6-11(17-19)10-20-14-16-9-13(8-15)18(14)3/h6-7,9,12H,4-5,8,10H2,1-3H3. The maximum absolute atomic E-state index is 5.85. The summed E-state index contributed by atoms with van der Waals surface area (Å²) in [4.78, 5) is 4.38. The average molecular weight is 313 g/mol. The van der Waals surface area contributed by atoms with Crippen LogP contribution in [0.3, 0.4) is 0 Å². The summed E-state index contributed by atoms with van der Waals surface area (Å²) in [5, 5.41) is 5.64. The topological polar surface area (TPSA) is 35.6 Å². The molecular weight excluding hydrogens is 292 g/mol. The fourth-order valence-corrected chi connectivity index (χ4v) is 3.26. The molecule has 0 unspecified atom stereocenters. The van der Waals surface area contributed by atoms with Gasteiger partial charge in [-0.15, -0.1) is 11.6 Å². The van der Waals surface area contributed by atoms with E-state index in [1.54, 1.807) is 11.8 Å². The second-order valence-corrected chi connectivity index (χ2v) is 5.98. The van der Waals surface area contributed by atoms with Gasteiger partial charge in [0.2, 0.25) is 0 Å². The van der Waals surface area contributed by atoms with Crippen molar-refractivity contribution in [1.29, 1.82) is 0 Å². The Labute approximate surface area is 129 Å². The maximum Gasteiger partial charge on any atom is 0.168 e. The fourth-order valence-electron chi connectivity index (χ4n) is 2.14. The van der Waals surface area contributed by atoms with Crippen LogP contribution in [0.15, 0.2) is 23.6 Å². The van der Waals surface area contributed by atoms with Crippen LogP contribution in [-0.4, -0.2) is 19.3 Å². The maximum atomic E-state index is 5.85. The molecule has 6 heteroatoms. The molecule has 2 heterocycles. The third-order valence-electron chi connectivity index (χ3n) is 3.51. The molecule has 0 amide bonds. The van der Waals surface area contributed by atoms with Gasteiger partial charge < -0.3 is 4.57 Å². The predicted molar refractivity (Wildman–Crippen MR) is 84.2 cm³/mol. The number of nitrogens with zero attached hydrogens (tertiary/aromatic N) is 4. The lowest BCUT2D eigenvalue weighted by atomic mass is 10.2. The van der Waals surface area contributed by atoms with E-state index in [0.29, 0.717) is 11.9 Å². The summed E-state index contributed by atoms with van der Waals surface area (Å²) in [5.41, 5.74) is 2.13. The Morgan fingerprint density at radius 1 is 1.35 bits per heavy atom. The molecule has 4 nitrogen and oxygen atoms in total. The first kappa shape index (κ1) is 15.4. The summed E-state index contributed by atoms with van der Waals surface area (Å²) in [6, 6.07) is 2.60. The Balaban J connectivity index is 1.99. The summed E-state index contributed by atoms with van der Waals surface area (Å²) >= 11 is 7.54. The van der Waals surface area contributed by atoms with Gasteiger partial charge >= 0.3 is 0 Å². The average Bonchev–Trinajstić information content (AvgIpc) is 3.05. The predicted octanol–water partition coefficient (Wildman–Crippen LogP) is 4.01. The zero-order chi connectivity index (χ0) is 14.5. The number of halogens is 1. The van der Waals surface area contributed by atoms with Crippen LogP contribution in [0.2, 0.25) is 0 Å². The zero-order valence-corrected chi connectivity index (χ0v) is 13.8. The van der Waals surface area contributed by atoms with Crippen molar-refractivity contribution in [2.24, 2.45) is 7.05 Å². The van der Waals surface area contributed by atoms with Gasteiger partial charge in [-0.1, -0.05) is 25.6 Å². The van der Waals surface area contributed by atoms with Crippen molar-refractivity contribution in [1.82, 2.24) is 19.3 Å². The van der Waals surface area contributed by atoms with Gasteiger partial charge in [-0.2, -0.15) is 5.10 Å². The van der Waals surface area contributed by atoms with Crippen LogP contribution >= 0.6 is 23.4 Å². The molecule has 110 valence electrons. The van der Waals surface area contributed by atoms with Crippen LogP contribution in [0.5, 0.6) is 0 Å². The van der Waals surface area contributed by atoms with Gasteiger partial charge in [-0.3, -0.25) is 4.68 Å². The van der Waals surface area contributed by atoms with E-state index in [4.69, 9.17) is 11.6 Å². The van der Waals surface area contributed by atoms with Gasteiger partial charge in [0.1, 0.15) is 0 Å². The van der Waals surface area contributed by atoms with Gasteiger partial charge in [-0.05, 0) is 18.9 Å². The molecule has 0 aliphatic rings. The normalized spacial score (nSPS) is 11.4. The Morgan fingerprint density at radius 3 is 2.70 bits per heavy atom. The highest BCUT2D eigenvalue weighted by molar-refractivity contribution is 7.98. The molecular formula is C14H21ClN4S. The van der Waals surface area contributed by atoms with Crippen LogP contribution in [0.25, 0.3) is 0 Å². The van der Waals surface area contributed by atoms with Crippen molar-refractivity contribution in [3.8, 4) is 0 Å². The number of aromatic nitrogens is 4. The minimum atomic E-state index is 0.493. The number of imidazole rings is 1. The number of thioether (sulfide) groups is 1. The molecule has 0 bridgehead atoms. The summed E-state index contributed by atoms with van der Waals surface area (Å²) in [6.45, 7) is 4.40.